The predicted octanol–water partition coefficient (Wildman–Crippen LogP) is 3.53. The lowest BCUT2D eigenvalue weighted by Gasteiger charge is -2.45. The Morgan fingerprint density at radius 2 is 2.00 bits per heavy atom. The van der Waals surface area contributed by atoms with Crippen LogP contribution in [0.4, 0.5) is 8.78 Å². The van der Waals surface area contributed by atoms with E-state index in [1.807, 2.05) is 0 Å². The van der Waals surface area contributed by atoms with Crippen molar-refractivity contribution in [2.24, 2.45) is 0 Å². The highest BCUT2D eigenvalue weighted by molar-refractivity contribution is 6.44. The van der Waals surface area contributed by atoms with Crippen LogP contribution in [0.1, 0.15) is 22.2 Å². The van der Waals surface area contributed by atoms with Crippen molar-refractivity contribution in [1.82, 2.24) is 24.6 Å². The van der Waals surface area contributed by atoms with E-state index < -0.39 is 29.6 Å². The van der Waals surface area contributed by atoms with E-state index >= 15 is 0 Å². The van der Waals surface area contributed by atoms with E-state index in [9.17, 15) is 13.6 Å². The quantitative estimate of drug-likeness (QED) is 0.532. The highest BCUT2D eigenvalue weighted by Gasteiger charge is 2.44. The van der Waals surface area contributed by atoms with Crippen molar-refractivity contribution in [2.75, 3.05) is 20.3 Å². The van der Waals surface area contributed by atoms with Gasteiger partial charge in [-0.1, -0.05) is 23.2 Å². The standard InChI is InChI=1S/C20H15Cl2F2N5O3/c1-31-13-4-5-25-17(16(13)24)19-27-26-18-12-8-32-7-9(6-28(18)19)29(12)20(30)10-2-3-11(23)15(22)14(10)21/h2-5,9,12H,6-8H2,1H3/t9-,12-/m1/s1. The molecule has 2 aromatic heterocycles. The van der Waals surface area contributed by atoms with Crippen LogP contribution in [0, 0.1) is 11.6 Å². The van der Waals surface area contributed by atoms with Gasteiger partial charge >= 0.3 is 0 Å². The monoisotopic (exact) mass is 481 g/mol. The molecule has 3 aromatic rings. The van der Waals surface area contributed by atoms with Crippen molar-refractivity contribution < 1.29 is 23.0 Å². The van der Waals surface area contributed by atoms with E-state index in [1.165, 1.54) is 25.4 Å². The van der Waals surface area contributed by atoms with Crippen LogP contribution in [0.15, 0.2) is 24.4 Å². The normalized spacial score (nSPS) is 19.6. The molecule has 5 rings (SSSR count). The Morgan fingerprint density at radius 3 is 2.78 bits per heavy atom. The van der Waals surface area contributed by atoms with Crippen molar-refractivity contribution in [3.63, 3.8) is 0 Å². The molecule has 2 aliphatic rings. The summed E-state index contributed by atoms with van der Waals surface area (Å²) >= 11 is 12.1. The summed E-state index contributed by atoms with van der Waals surface area (Å²) in [6, 6.07) is 2.77. The molecule has 1 saturated heterocycles. The molecule has 32 heavy (non-hydrogen) atoms. The van der Waals surface area contributed by atoms with Gasteiger partial charge in [0.15, 0.2) is 23.2 Å². The second-order valence-electron chi connectivity index (χ2n) is 7.31. The van der Waals surface area contributed by atoms with Crippen LogP contribution in [-0.2, 0) is 11.3 Å². The average molecular weight is 482 g/mol. The van der Waals surface area contributed by atoms with Crippen LogP contribution >= 0.6 is 23.2 Å². The van der Waals surface area contributed by atoms with E-state index in [0.29, 0.717) is 5.82 Å². The SMILES string of the molecule is COc1ccnc(-c2nnc3n2C[C@@H]2COC[C@H]3N2C(=O)c2ccc(F)c(Cl)c2Cl)c1F. The molecule has 8 nitrogen and oxygen atoms in total. The molecule has 0 aliphatic carbocycles. The molecule has 166 valence electrons. The maximum atomic E-state index is 14.8. The molecule has 12 heteroatoms. The number of nitrogens with zero attached hydrogens (tertiary/aromatic N) is 5. The number of ether oxygens (including phenoxy) is 2. The minimum absolute atomic E-state index is 0.00442. The third-order valence-corrected chi connectivity index (χ3v) is 6.43. The fraction of sp³-hybridized carbons (Fsp3) is 0.300. The van der Waals surface area contributed by atoms with Crippen molar-refractivity contribution in [3.8, 4) is 17.3 Å². The van der Waals surface area contributed by atoms with Gasteiger partial charge in [-0.15, -0.1) is 10.2 Å². The summed E-state index contributed by atoms with van der Waals surface area (Å²) in [7, 11) is 1.36. The third kappa shape index (κ3) is 3.13. The van der Waals surface area contributed by atoms with Crippen molar-refractivity contribution >= 4 is 29.1 Å². The summed E-state index contributed by atoms with van der Waals surface area (Å²) in [6.07, 6.45) is 1.42. The molecule has 0 N–H and O–H groups in total. The fourth-order valence-electron chi connectivity index (χ4n) is 4.08. The minimum atomic E-state index is -0.715. The first-order valence-electron chi connectivity index (χ1n) is 9.58. The second kappa shape index (κ2) is 7.95. The maximum absolute atomic E-state index is 14.8. The van der Waals surface area contributed by atoms with Gasteiger partial charge in [0.25, 0.3) is 5.91 Å². The predicted molar refractivity (Wildman–Crippen MR) is 110 cm³/mol. The fourth-order valence-corrected chi connectivity index (χ4v) is 4.47. The Balaban J connectivity index is 1.57. The Morgan fingerprint density at radius 1 is 1.19 bits per heavy atom. The number of carbonyl (C=O) groups is 1. The van der Waals surface area contributed by atoms with Crippen molar-refractivity contribution in [3.05, 3.63) is 57.5 Å². The summed E-state index contributed by atoms with van der Waals surface area (Å²) in [5, 5.41) is 7.86. The molecule has 0 radical (unpaired) electrons. The Hall–Kier alpha value is -2.82. The first-order valence-corrected chi connectivity index (χ1v) is 10.3. The highest BCUT2D eigenvalue weighted by Crippen LogP contribution is 2.38. The number of pyridine rings is 1. The zero-order valence-corrected chi connectivity index (χ0v) is 18.1. The van der Waals surface area contributed by atoms with Crippen LogP contribution in [-0.4, -0.2) is 56.9 Å². The average Bonchev–Trinajstić information content (AvgIpc) is 3.20. The number of carbonyl (C=O) groups excluding carboxylic acids is 1. The molecule has 2 aliphatic heterocycles. The molecule has 4 heterocycles. The molecule has 2 atom stereocenters. The number of rotatable bonds is 3. The Kier molecular flexibility index (Phi) is 5.23. The number of methoxy groups -OCH3 is 1. The first-order chi connectivity index (χ1) is 15.4. The van der Waals surface area contributed by atoms with E-state index in [2.05, 4.69) is 15.2 Å². The first kappa shape index (κ1) is 21.0. The van der Waals surface area contributed by atoms with Crippen LogP contribution in [0.5, 0.6) is 5.75 Å². The van der Waals surface area contributed by atoms with Gasteiger partial charge in [0, 0.05) is 18.8 Å². The van der Waals surface area contributed by atoms with Gasteiger partial charge in [0.1, 0.15) is 17.6 Å². The molecular formula is C20H15Cl2F2N5O3. The van der Waals surface area contributed by atoms with Gasteiger partial charge in [-0.05, 0) is 12.1 Å². The summed E-state index contributed by atoms with van der Waals surface area (Å²) in [5.74, 6) is -1.13. The number of benzene rings is 1. The minimum Gasteiger partial charge on any atom is -0.494 e. The van der Waals surface area contributed by atoms with E-state index in [-0.39, 0.29) is 52.6 Å². The lowest BCUT2D eigenvalue weighted by atomic mass is 10.0. The van der Waals surface area contributed by atoms with Crippen LogP contribution in [0.2, 0.25) is 10.0 Å². The molecule has 2 bridgehead atoms. The van der Waals surface area contributed by atoms with Gasteiger partial charge in [-0.3, -0.25) is 4.79 Å². The van der Waals surface area contributed by atoms with Gasteiger partial charge in [0.2, 0.25) is 0 Å². The lowest BCUT2D eigenvalue weighted by Crippen LogP contribution is -2.56. The van der Waals surface area contributed by atoms with Crippen molar-refractivity contribution in [2.45, 2.75) is 18.6 Å². The largest absolute Gasteiger partial charge is 0.494 e. The molecule has 1 aromatic carbocycles. The van der Waals surface area contributed by atoms with E-state index in [4.69, 9.17) is 32.7 Å². The number of aromatic nitrogens is 4. The summed E-state index contributed by atoms with van der Waals surface area (Å²) in [6.45, 7) is 0.631. The Bertz CT molecular complexity index is 1240. The van der Waals surface area contributed by atoms with Crippen LogP contribution in [0.3, 0.4) is 0 Å². The summed E-state index contributed by atoms with van der Waals surface area (Å²) in [4.78, 5) is 19.1. The second-order valence-corrected chi connectivity index (χ2v) is 8.07. The van der Waals surface area contributed by atoms with Crippen LogP contribution < -0.4 is 4.74 Å². The van der Waals surface area contributed by atoms with Gasteiger partial charge in [-0.2, -0.15) is 0 Å². The van der Waals surface area contributed by atoms with Crippen LogP contribution in [0.25, 0.3) is 11.5 Å². The van der Waals surface area contributed by atoms with Crippen molar-refractivity contribution in [1.29, 1.82) is 0 Å². The zero-order chi connectivity index (χ0) is 22.6. The highest BCUT2D eigenvalue weighted by atomic mass is 35.5. The van der Waals surface area contributed by atoms with E-state index in [1.54, 1.807) is 9.47 Å². The summed E-state index contributed by atoms with van der Waals surface area (Å²) < 4.78 is 41.0. The molecular weight excluding hydrogens is 467 g/mol. The van der Waals surface area contributed by atoms with Gasteiger partial charge in [0.05, 0.1) is 42.0 Å². The Labute approximate surface area is 190 Å². The smallest absolute Gasteiger partial charge is 0.256 e. The summed E-state index contributed by atoms with van der Waals surface area (Å²) in [5.41, 5.74) is 0.0684. The zero-order valence-electron chi connectivity index (χ0n) is 16.6. The number of hydrogen-bond donors (Lipinski definition) is 0. The molecule has 0 saturated carbocycles. The maximum Gasteiger partial charge on any atom is 0.256 e. The molecule has 0 spiro atoms. The number of amides is 1. The molecule has 0 unspecified atom stereocenters. The van der Waals surface area contributed by atoms with Gasteiger partial charge in [-0.25, -0.2) is 13.8 Å². The topological polar surface area (TPSA) is 82.4 Å². The lowest BCUT2D eigenvalue weighted by molar-refractivity contribution is -0.0569. The number of morpholine rings is 1. The molecule has 1 fully saturated rings. The molecule has 1 amide bonds. The number of hydrogen-bond acceptors (Lipinski definition) is 6. The number of halogens is 4. The number of fused-ring (bicyclic) bond motifs is 4. The van der Waals surface area contributed by atoms with Gasteiger partial charge < -0.3 is 18.9 Å². The van der Waals surface area contributed by atoms with E-state index in [0.717, 1.165) is 6.07 Å². The third-order valence-electron chi connectivity index (χ3n) is 5.57.